The van der Waals surface area contributed by atoms with Gasteiger partial charge in [-0.3, -0.25) is 0 Å². The molecule has 0 bridgehead atoms. The summed E-state index contributed by atoms with van der Waals surface area (Å²) in [5, 5.41) is 3.22. The fraction of sp³-hybridized carbons (Fsp3) is 0.545. The van der Waals surface area contributed by atoms with E-state index in [1.54, 1.807) is 13.0 Å². The van der Waals surface area contributed by atoms with Crippen LogP contribution in [-0.4, -0.2) is 25.2 Å². The molecule has 0 spiro atoms. The minimum absolute atomic E-state index is 0.286. The molecule has 0 aliphatic carbocycles. The van der Waals surface area contributed by atoms with Crippen molar-refractivity contribution in [1.82, 2.24) is 5.32 Å². The molecular formula is C11H19NO2. The molecule has 0 amide bonds. The fourth-order valence-corrected chi connectivity index (χ4v) is 0.948. The van der Waals surface area contributed by atoms with Gasteiger partial charge in [0.25, 0.3) is 0 Å². The highest BCUT2D eigenvalue weighted by Crippen LogP contribution is 1.89. The van der Waals surface area contributed by atoms with E-state index in [1.165, 1.54) is 6.08 Å². The quantitative estimate of drug-likeness (QED) is 0.383. The van der Waals surface area contributed by atoms with Gasteiger partial charge in [-0.1, -0.05) is 12.2 Å². The molecule has 3 nitrogen and oxygen atoms in total. The predicted molar refractivity (Wildman–Crippen MR) is 58.1 cm³/mol. The smallest absolute Gasteiger partial charge is 0.330 e. The molecule has 0 aromatic carbocycles. The Balaban J connectivity index is 3.51. The minimum Gasteiger partial charge on any atom is -0.463 e. The lowest BCUT2D eigenvalue weighted by Crippen LogP contribution is -2.25. The Morgan fingerprint density at radius 3 is 2.93 bits per heavy atom. The molecule has 0 fully saturated rings. The van der Waals surface area contributed by atoms with Gasteiger partial charge in [0.1, 0.15) is 0 Å². The fourth-order valence-electron chi connectivity index (χ4n) is 0.948. The predicted octanol–water partition coefficient (Wildman–Crippen LogP) is 1.66. The monoisotopic (exact) mass is 197 g/mol. The topological polar surface area (TPSA) is 38.3 Å². The molecule has 14 heavy (non-hydrogen) atoms. The normalized spacial score (nSPS) is 12.7. The largest absolute Gasteiger partial charge is 0.463 e. The first-order valence-corrected chi connectivity index (χ1v) is 4.88. The first-order chi connectivity index (χ1) is 6.70. The standard InChI is InChI=1S/C11H19NO2/c1-4-7-10(3)12-9-6-8-11(13)14-5-2/h4,6,8,10,12H,1,5,7,9H2,2-3H3/b8-6+. The van der Waals surface area contributed by atoms with Crippen LogP contribution in [0.25, 0.3) is 0 Å². The van der Waals surface area contributed by atoms with Crippen LogP contribution in [0.3, 0.4) is 0 Å². The first kappa shape index (κ1) is 12.9. The van der Waals surface area contributed by atoms with Crippen molar-refractivity contribution in [3.63, 3.8) is 0 Å². The van der Waals surface area contributed by atoms with E-state index in [9.17, 15) is 4.79 Å². The summed E-state index contributed by atoms with van der Waals surface area (Å²) in [6.45, 7) is 8.60. The van der Waals surface area contributed by atoms with E-state index < -0.39 is 0 Å². The molecule has 1 unspecified atom stereocenters. The molecule has 0 saturated heterocycles. The van der Waals surface area contributed by atoms with Crippen LogP contribution in [-0.2, 0) is 9.53 Å². The summed E-state index contributed by atoms with van der Waals surface area (Å²) in [6.07, 6.45) is 5.99. The molecule has 0 heterocycles. The van der Waals surface area contributed by atoms with Gasteiger partial charge in [-0.2, -0.15) is 0 Å². The van der Waals surface area contributed by atoms with Crippen molar-refractivity contribution >= 4 is 5.97 Å². The molecule has 1 atom stereocenters. The Morgan fingerprint density at radius 1 is 1.64 bits per heavy atom. The highest BCUT2D eigenvalue weighted by atomic mass is 16.5. The number of carbonyl (C=O) groups excluding carboxylic acids is 1. The number of hydrogen-bond acceptors (Lipinski definition) is 3. The number of nitrogens with one attached hydrogen (secondary N) is 1. The van der Waals surface area contributed by atoms with Gasteiger partial charge in [-0.05, 0) is 20.3 Å². The van der Waals surface area contributed by atoms with Crippen molar-refractivity contribution in [3.8, 4) is 0 Å². The maximum Gasteiger partial charge on any atom is 0.330 e. The average molecular weight is 197 g/mol. The zero-order valence-electron chi connectivity index (χ0n) is 8.95. The highest BCUT2D eigenvalue weighted by Gasteiger charge is 1.95. The van der Waals surface area contributed by atoms with Crippen LogP contribution in [0.4, 0.5) is 0 Å². The molecule has 3 heteroatoms. The van der Waals surface area contributed by atoms with Crippen LogP contribution < -0.4 is 5.32 Å². The van der Waals surface area contributed by atoms with E-state index in [0.29, 0.717) is 19.2 Å². The second kappa shape index (κ2) is 8.51. The third-order valence-corrected chi connectivity index (χ3v) is 1.64. The van der Waals surface area contributed by atoms with E-state index in [2.05, 4.69) is 18.8 Å². The third-order valence-electron chi connectivity index (χ3n) is 1.64. The van der Waals surface area contributed by atoms with Crippen LogP contribution in [0.5, 0.6) is 0 Å². The third kappa shape index (κ3) is 7.55. The molecule has 0 aromatic heterocycles. The van der Waals surface area contributed by atoms with Crippen molar-refractivity contribution in [1.29, 1.82) is 0 Å². The maximum absolute atomic E-state index is 10.9. The molecule has 0 radical (unpaired) electrons. The van der Waals surface area contributed by atoms with Crippen LogP contribution >= 0.6 is 0 Å². The summed E-state index contributed by atoms with van der Waals surface area (Å²) >= 11 is 0. The average Bonchev–Trinajstić information content (AvgIpc) is 2.13. The van der Waals surface area contributed by atoms with E-state index in [1.807, 2.05) is 6.08 Å². The first-order valence-electron chi connectivity index (χ1n) is 4.88. The van der Waals surface area contributed by atoms with Gasteiger partial charge in [-0.15, -0.1) is 6.58 Å². The van der Waals surface area contributed by atoms with Gasteiger partial charge >= 0.3 is 5.97 Å². The number of carbonyl (C=O) groups is 1. The summed E-state index contributed by atoms with van der Waals surface area (Å²) in [5.74, 6) is -0.286. The highest BCUT2D eigenvalue weighted by molar-refractivity contribution is 5.81. The molecule has 0 aliphatic heterocycles. The van der Waals surface area contributed by atoms with Crippen molar-refractivity contribution in [2.75, 3.05) is 13.2 Å². The van der Waals surface area contributed by atoms with Crippen molar-refractivity contribution in [2.24, 2.45) is 0 Å². The maximum atomic E-state index is 10.9. The van der Waals surface area contributed by atoms with E-state index in [0.717, 1.165) is 6.42 Å². The van der Waals surface area contributed by atoms with Gasteiger partial charge in [0.15, 0.2) is 0 Å². The Labute approximate surface area is 85.8 Å². The van der Waals surface area contributed by atoms with Gasteiger partial charge < -0.3 is 10.1 Å². The molecule has 80 valence electrons. The van der Waals surface area contributed by atoms with Gasteiger partial charge in [0.2, 0.25) is 0 Å². The van der Waals surface area contributed by atoms with Gasteiger partial charge in [0, 0.05) is 18.7 Å². The summed E-state index contributed by atoms with van der Waals surface area (Å²) in [6, 6.07) is 0.388. The minimum atomic E-state index is -0.286. The Hall–Kier alpha value is -1.09. The second-order valence-electron chi connectivity index (χ2n) is 2.99. The van der Waals surface area contributed by atoms with Gasteiger partial charge in [0.05, 0.1) is 6.61 Å². The van der Waals surface area contributed by atoms with Crippen LogP contribution in [0.15, 0.2) is 24.8 Å². The lowest BCUT2D eigenvalue weighted by molar-refractivity contribution is -0.137. The number of hydrogen-bond donors (Lipinski definition) is 1. The van der Waals surface area contributed by atoms with E-state index in [-0.39, 0.29) is 5.97 Å². The Kier molecular flexibility index (Phi) is 7.84. The number of rotatable bonds is 7. The van der Waals surface area contributed by atoms with E-state index >= 15 is 0 Å². The van der Waals surface area contributed by atoms with Crippen LogP contribution in [0.2, 0.25) is 0 Å². The summed E-state index contributed by atoms with van der Waals surface area (Å²) in [7, 11) is 0. The summed E-state index contributed by atoms with van der Waals surface area (Å²) in [5.41, 5.74) is 0. The molecule has 0 aliphatic rings. The second-order valence-corrected chi connectivity index (χ2v) is 2.99. The lowest BCUT2D eigenvalue weighted by Gasteiger charge is -2.08. The van der Waals surface area contributed by atoms with Crippen molar-refractivity contribution in [2.45, 2.75) is 26.3 Å². The molecule has 1 N–H and O–H groups in total. The summed E-state index contributed by atoms with van der Waals surface area (Å²) < 4.78 is 4.73. The zero-order valence-corrected chi connectivity index (χ0v) is 8.95. The van der Waals surface area contributed by atoms with Crippen molar-refractivity contribution in [3.05, 3.63) is 24.8 Å². The Morgan fingerprint density at radius 2 is 2.36 bits per heavy atom. The molecule has 0 saturated carbocycles. The SMILES string of the molecule is C=CCC(C)NC/C=C/C(=O)OCC. The molecular weight excluding hydrogens is 178 g/mol. The summed E-state index contributed by atoms with van der Waals surface area (Å²) in [4.78, 5) is 10.9. The van der Waals surface area contributed by atoms with E-state index in [4.69, 9.17) is 4.74 Å². The lowest BCUT2D eigenvalue weighted by atomic mass is 10.2. The van der Waals surface area contributed by atoms with Gasteiger partial charge in [-0.25, -0.2) is 4.79 Å². The number of esters is 1. The Bertz CT molecular complexity index is 199. The zero-order chi connectivity index (χ0) is 10.8. The molecule has 0 rings (SSSR count). The van der Waals surface area contributed by atoms with Crippen molar-refractivity contribution < 1.29 is 9.53 Å². The molecule has 0 aromatic rings. The van der Waals surface area contributed by atoms with Crippen LogP contribution in [0, 0.1) is 0 Å². The number of ether oxygens (including phenoxy) is 1. The van der Waals surface area contributed by atoms with Crippen LogP contribution in [0.1, 0.15) is 20.3 Å².